The Morgan fingerprint density at radius 1 is 1.21 bits per heavy atom. The first-order valence-corrected chi connectivity index (χ1v) is 5.72. The van der Waals surface area contributed by atoms with E-state index >= 15 is 0 Å². The highest BCUT2D eigenvalue weighted by atomic mass is 35.5. The summed E-state index contributed by atoms with van der Waals surface area (Å²) < 4.78 is 0. The van der Waals surface area contributed by atoms with Gasteiger partial charge < -0.3 is 5.32 Å². The van der Waals surface area contributed by atoms with Crippen molar-refractivity contribution in [1.29, 1.82) is 0 Å². The fourth-order valence-corrected chi connectivity index (χ4v) is 3.15. The summed E-state index contributed by atoms with van der Waals surface area (Å²) in [5.41, 5.74) is 3.21. The molecule has 0 radical (unpaired) electrons. The summed E-state index contributed by atoms with van der Waals surface area (Å²) in [6.45, 7) is 1.11. The zero-order valence-corrected chi connectivity index (χ0v) is 8.90. The van der Waals surface area contributed by atoms with Crippen molar-refractivity contribution in [2.24, 2.45) is 0 Å². The van der Waals surface area contributed by atoms with Gasteiger partial charge in [0.2, 0.25) is 0 Å². The van der Waals surface area contributed by atoms with Crippen LogP contribution in [0.3, 0.4) is 0 Å². The molecule has 1 fully saturated rings. The minimum absolute atomic E-state index is 0.444. The largest absolute Gasteiger partial charge is 0.384 e. The number of hydrogen-bond acceptors (Lipinski definition) is 1. The van der Waals surface area contributed by atoms with E-state index in [-0.39, 0.29) is 0 Å². The van der Waals surface area contributed by atoms with E-state index in [9.17, 15) is 0 Å². The van der Waals surface area contributed by atoms with Crippen molar-refractivity contribution in [3.63, 3.8) is 0 Å². The molecule has 1 saturated carbocycles. The standard InChI is InChI=1S/C12H14ClN/c13-9-3-4-10-11(7-9)14-8-12(10)5-1-2-6-12/h3-4,7,14H,1-2,5-6,8H2. The quantitative estimate of drug-likeness (QED) is 0.686. The summed E-state index contributed by atoms with van der Waals surface area (Å²) in [5.74, 6) is 0. The molecule has 1 aromatic carbocycles. The highest BCUT2D eigenvalue weighted by Crippen LogP contribution is 2.48. The number of rotatable bonds is 0. The summed E-state index contributed by atoms with van der Waals surface area (Å²) in [7, 11) is 0. The zero-order chi connectivity index (χ0) is 9.60. The molecule has 1 aromatic rings. The maximum atomic E-state index is 5.98. The summed E-state index contributed by atoms with van der Waals surface area (Å²) in [5, 5.41) is 4.33. The Morgan fingerprint density at radius 3 is 2.79 bits per heavy atom. The van der Waals surface area contributed by atoms with Gasteiger partial charge in [-0.15, -0.1) is 0 Å². The molecule has 2 aliphatic rings. The van der Waals surface area contributed by atoms with Crippen LogP contribution in [-0.2, 0) is 5.41 Å². The third kappa shape index (κ3) is 1.08. The number of fused-ring (bicyclic) bond motifs is 2. The lowest BCUT2D eigenvalue weighted by atomic mass is 9.81. The molecule has 0 atom stereocenters. The molecule has 0 bridgehead atoms. The molecule has 0 amide bonds. The Labute approximate surface area is 89.5 Å². The molecular formula is C12H14ClN. The van der Waals surface area contributed by atoms with Crippen LogP contribution < -0.4 is 5.32 Å². The molecule has 1 heterocycles. The van der Waals surface area contributed by atoms with Crippen molar-refractivity contribution in [3.8, 4) is 0 Å². The predicted molar refractivity (Wildman–Crippen MR) is 60.1 cm³/mol. The van der Waals surface area contributed by atoms with Gasteiger partial charge in [0.05, 0.1) is 0 Å². The SMILES string of the molecule is Clc1ccc2c(c1)NCC21CCCC1. The lowest BCUT2D eigenvalue weighted by Crippen LogP contribution is -2.23. The van der Waals surface area contributed by atoms with E-state index in [1.54, 1.807) is 0 Å². The molecule has 14 heavy (non-hydrogen) atoms. The zero-order valence-electron chi connectivity index (χ0n) is 8.15. The molecule has 0 aromatic heterocycles. The monoisotopic (exact) mass is 207 g/mol. The maximum absolute atomic E-state index is 5.98. The van der Waals surface area contributed by atoms with Gasteiger partial charge in [-0.2, -0.15) is 0 Å². The van der Waals surface area contributed by atoms with Crippen molar-refractivity contribution >= 4 is 17.3 Å². The van der Waals surface area contributed by atoms with Crippen molar-refractivity contribution in [2.75, 3.05) is 11.9 Å². The van der Waals surface area contributed by atoms with E-state index in [0.29, 0.717) is 5.41 Å². The van der Waals surface area contributed by atoms with E-state index in [1.807, 2.05) is 6.07 Å². The predicted octanol–water partition coefficient (Wildman–Crippen LogP) is 3.58. The molecule has 3 rings (SSSR count). The van der Waals surface area contributed by atoms with E-state index < -0.39 is 0 Å². The summed E-state index contributed by atoms with van der Waals surface area (Å²) in [6, 6.07) is 6.29. The third-order valence-electron chi connectivity index (χ3n) is 3.73. The van der Waals surface area contributed by atoms with Crippen LogP contribution in [0.2, 0.25) is 5.02 Å². The smallest absolute Gasteiger partial charge is 0.0426 e. The average molecular weight is 208 g/mol. The number of halogens is 1. The minimum atomic E-state index is 0.444. The second-order valence-electron chi connectivity index (χ2n) is 4.53. The van der Waals surface area contributed by atoms with E-state index in [0.717, 1.165) is 11.6 Å². The lowest BCUT2D eigenvalue weighted by molar-refractivity contribution is 0.489. The van der Waals surface area contributed by atoms with Gasteiger partial charge in [0.25, 0.3) is 0 Å². The minimum Gasteiger partial charge on any atom is -0.384 e. The first-order chi connectivity index (χ1) is 6.80. The van der Waals surface area contributed by atoms with E-state index in [1.165, 1.54) is 36.9 Å². The van der Waals surface area contributed by atoms with E-state index in [2.05, 4.69) is 17.4 Å². The molecule has 74 valence electrons. The van der Waals surface area contributed by atoms with Crippen molar-refractivity contribution in [1.82, 2.24) is 0 Å². The Morgan fingerprint density at radius 2 is 2.00 bits per heavy atom. The fourth-order valence-electron chi connectivity index (χ4n) is 2.98. The summed E-state index contributed by atoms with van der Waals surface area (Å²) in [6.07, 6.45) is 5.44. The topological polar surface area (TPSA) is 12.0 Å². The van der Waals surface area contributed by atoms with Gasteiger partial charge in [-0.25, -0.2) is 0 Å². The van der Waals surface area contributed by atoms with Gasteiger partial charge in [0.1, 0.15) is 0 Å². The first kappa shape index (κ1) is 8.60. The van der Waals surface area contributed by atoms with Gasteiger partial charge in [-0.05, 0) is 30.5 Å². The Kier molecular flexibility index (Phi) is 1.78. The highest BCUT2D eigenvalue weighted by molar-refractivity contribution is 6.30. The van der Waals surface area contributed by atoms with Crippen LogP contribution in [0, 0.1) is 0 Å². The van der Waals surface area contributed by atoms with Crippen LogP contribution in [0.25, 0.3) is 0 Å². The fraction of sp³-hybridized carbons (Fsp3) is 0.500. The average Bonchev–Trinajstić information content (AvgIpc) is 2.77. The first-order valence-electron chi connectivity index (χ1n) is 5.34. The van der Waals surface area contributed by atoms with Crippen LogP contribution in [-0.4, -0.2) is 6.54 Å². The molecule has 1 aliphatic carbocycles. The number of benzene rings is 1. The molecular weight excluding hydrogens is 194 g/mol. The molecule has 0 unspecified atom stereocenters. The van der Waals surface area contributed by atoms with Crippen molar-refractivity contribution in [2.45, 2.75) is 31.1 Å². The van der Waals surface area contributed by atoms with Crippen LogP contribution in [0.5, 0.6) is 0 Å². The third-order valence-corrected chi connectivity index (χ3v) is 3.97. The van der Waals surface area contributed by atoms with Crippen molar-refractivity contribution < 1.29 is 0 Å². The van der Waals surface area contributed by atoms with Gasteiger partial charge in [-0.1, -0.05) is 30.5 Å². The highest BCUT2D eigenvalue weighted by Gasteiger charge is 2.40. The van der Waals surface area contributed by atoms with Crippen LogP contribution in [0.4, 0.5) is 5.69 Å². The van der Waals surface area contributed by atoms with Gasteiger partial charge >= 0.3 is 0 Å². The van der Waals surface area contributed by atoms with Crippen molar-refractivity contribution in [3.05, 3.63) is 28.8 Å². The summed E-state index contributed by atoms with van der Waals surface area (Å²) in [4.78, 5) is 0. The van der Waals surface area contributed by atoms with Gasteiger partial charge in [0.15, 0.2) is 0 Å². The Bertz CT molecular complexity index is 367. The second kappa shape index (κ2) is 2.90. The second-order valence-corrected chi connectivity index (χ2v) is 4.97. The van der Waals surface area contributed by atoms with Crippen LogP contribution in [0.1, 0.15) is 31.2 Å². The number of nitrogens with one attached hydrogen (secondary N) is 1. The summed E-state index contributed by atoms with van der Waals surface area (Å²) >= 11 is 5.98. The van der Waals surface area contributed by atoms with Crippen LogP contribution >= 0.6 is 11.6 Å². The van der Waals surface area contributed by atoms with Crippen LogP contribution in [0.15, 0.2) is 18.2 Å². The molecule has 1 nitrogen and oxygen atoms in total. The molecule has 1 aliphatic heterocycles. The Balaban J connectivity index is 2.09. The molecule has 0 saturated heterocycles. The molecule has 2 heteroatoms. The molecule has 1 N–H and O–H groups in total. The lowest BCUT2D eigenvalue weighted by Gasteiger charge is -2.22. The Hall–Kier alpha value is -0.690. The molecule has 1 spiro atoms. The van der Waals surface area contributed by atoms with Gasteiger partial charge in [0, 0.05) is 22.7 Å². The number of anilines is 1. The number of hydrogen-bond donors (Lipinski definition) is 1. The maximum Gasteiger partial charge on any atom is 0.0426 e. The normalized spacial score (nSPS) is 22.4. The van der Waals surface area contributed by atoms with Gasteiger partial charge in [-0.3, -0.25) is 0 Å². The van der Waals surface area contributed by atoms with E-state index in [4.69, 9.17) is 11.6 Å².